The topological polar surface area (TPSA) is 43.2 Å². The minimum atomic E-state index is 0.303. The SMILES string of the molecule is c1ccc(CCSc2nnc(C3CCN(Cc4cccs4)CC3)n2CC2CCCO2)cc1. The molecule has 32 heavy (non-hydrogen) atoms. The van der Waals surface area contributed by atoms with Crippen LogP contribution in [0.2, 0.25) is 0 Å². The van der Waals surface area contributed by atoms with Crippen LogP contribution in [-0.4, -0.2) is 51.2 Å². The average Bonchev–Trinajstić information content (AvgIpc) is 3.59. The smallest absolute Gasteiger partial charge is 0.191 e. The van der Waals surface area contributed by atoms with Gasteiger partial charge in [-0.15, -0.1) is 21.5 Å². The minimum absolute atomic E-state index is 0.303. The van der Waals surface area contributed by atoms with Crippen LogP contribution in [0.25, 0.3) is 0 Å². The summed E-state index contributed by atoms with van der Waals surface area (Å²) < 4.78 is 8.37. The molecule has 5 rings (SSSR count). The zero-order valence-corrected chi connectivity index (χ0v) is 20.2. The summed E-state index contributed by atoms with van der Waals surface area (Å²) in [6.07, 6.45) is 5.98. The zero-order chi connectivity index (χ0) is 21.6. The molecule has 2 aliphatic heterocycles. The molecule has 2 aliphatic rings. The number of hydrogen-bond donors (Lipinski definition) is 0. The van der Waals surface area contributed by atoms with Crippen molar-refractivity contribution in [1.29, 1.82) is 0 Å². The number of thioether (sulfide) groups is 1. The van der Waals surface area contributed by atoms with E-state index in [4.69, 9.17) is 9.84 Å². The number of piperidine rings is 1. The van der Waals surface area contributed by atoms with Crippen LogP contribution in [0.15, 0.2) is 53.0 Å². The number of likely N-dealkylation sites (tertiary alicyclic amines) is 1. The van der Waals surface area contributed by atoms with E-state index in [1.807, 2.05) is 23.1 Å². The number of benzene rings is 1. The molecule has 2 fully saturated rings. The van der Waals surface area contributed by atoms with E-state index in [-0.39, 0.29) is 0 Å². The molecule has 0 saturated carbocycles. The van der Waals surface area contributed by atoms with Gasteiger partial charge in [0.05, 0.1) is 12.6 Å². The molecule has 1 atom stereocenters. The first-order valence-corrected chi connectivity index (χ1v) is 13.7. The molecule has 0 radical (unpaired) electrons. The lowest BCUT2D eigenvalue weighted by Gasteiger charge is -2.31. The third kappa shape index (κ3) is 5.63. The molecule has 0 bridgehead atoms. The lowest BCUT2D eigenvalue weighted by molar-refractivity contribution is 0.0931. The zero-order valence-electron chi connectivity index (χ0n) is 18.6. The summed E-state index contributed by atoms with van der Waals surface area (Å²) in [6, 6.07) is 15.1. The lowest BCUT2D eigenvalue weighted by atomic mass is 9.95. The highest BCUT2D eigenvalue weighted by Gasteiger charge is 2.28. The van der Waals surface area contributed by atoms with Crippen molar-refractivity contribution in [1.82, 2.24) is 19.7 Å². The van der Waals surface area contributed by atoms with Crippen LogP contribution in [0.1, 0.15) is 47.9 Å². The van der Waals surface area contributed by atoms with E-state index in [2.05, 4.69) is 62.4 Å². The molecule has 1 unspecified atom stereocenters. The van der Waals surface area contributed by atoms with Crippen molar-refractivity contribution in [2.75, 3.05) is 25.4 Å². The highest BCUT2D eigenvalue weighted by atomic mass is 32.2. The van der Waals surface area contributed by atoms with E-state index in [0.29, 0.717) is 12.0 Å². The van der Waals surface area contributed by atoms with Crippen LogP contribution in [0.4, 0.5) is 0 Å². The largest absolute Gasteiger partial charge is 0.376 e. The van der Waals surface area contributed by atoms with Crippen LogP contribution >= 0.6 is 23.1 Å². The van der Waals surface area contributed by atoms with Gasteiger partial charge in [0.15, 0.2) is 5.16 Å². The molecule has 0 spiro atoms. The average molecular weight is 469 g/mol. The molecule has 0 aliphatic carbocycles. The first-order chi connectivity index (χ1) is 15.8. The van der Waals surface area contributed by atoms with E-state index in [1.54, 1.807) is 0 Å². The number of thiophene rings is 1. The van der Waals surface area contributed by atoms with Crippen molar-refractivity contribution in [3.63, 3.8) is 0 Å². The Bertz CT molecular complexity index is 946. The van der Waals surface area contributed by atoms with Crippen molar-refractivity contribution in [2.24, 2.45) is 0 Å². The van der Waals surface area contributed by atoms with Gasteiger partial charge in [0.1, 0.15) is 5.82 Å². The van der Waals surface area contributed by atoms with Crippen LogP contribution < -0.4 is 0 Å². The molecule has 2 aromatic heterocycles. The van der Waals surface area contributed by atoms with Crippen LogP contribution in [-0.2, 0) is 24.2 Å². The lowest BCUT2D eigenvalue weighted by Crippen LogP contribution is -2.33. The van der Waals surface area contributed by atoms with E-state index in [0.717, 1.165) is 69.4 Å². The molecule has 0 N–H and O–H groups in total. The summed E-state index contributed by atoms with van der Waals surface area (Å²) in [5.74, 6) is 2.69. The normalized spacial score (nSPS) is 20.2. The van der Waals surface area contributed by atoms with Gasteiger partial charge in [0, 0.05) is 29.7 Å². The fourth-order valence-corrected chi connectivity index (χ4v) is 6.44. The number of rotatable bonds is 9. The van der Waals surface area contributed by atoms with E-state index in [9.17, 15) is 0 Å². The molecule has 2 saturated heterocycles. The summed E-state index contributed by atoms with van der Waals surface area (Å²) in [4.78, 5) is 4.04. The van der Waals surface area contributed by atoms with Gasteiger partial charge >= 0.3 is 0 Å². The third-order valence-electron chi connectivity index (χ3n) is 6.53. The second-order valence-corrected chi connectivity index (χ2v) is 10.9. The Morgan fingerprint density at radius 1 is 1.03 bits per heavy atom. The predicted molar refractivity (Wildman–Crippen MR) is 131 cm³/mol. The second kappa shape index (κ2) is 11.0. The predicted octanol–water partition coefficient (Wildman–Crippen LogP) is 5.23. The fourth-order valence-electron chi connectivity index (χ4n) is 4.75. The van der Waals surface area contributed by atoms with Crippen molar-refractivity contribution in [3.8, 4) is 0 Å². The van der Waals surface area contributed by atoms with Crippen LogP contribution in [0.5, 0.6) is 0 Å². The van der Waals surface area contributed by atoms with Crippen molar-refractivity contribution >= 4 is 23.1 Å². The van der Waals surface area contributed by atoms with Gasteiger partial charge in [-0.05, 0) is 62.2 Å². The van der Waals surface area contributed by atoms with E-state index in [1.165, 1.54) is 22.7 Å². The summed E-state index contributed by atoms with van der Waals surface area (Å²) >= 11 is 3.70. The van der Waals surface area contributed by atoms with Crippen molar-refractivity contribution < 1.29 is 4.74 Å². The van der Waals surface area contributed by atoms with Gasteiger partial charge in [-0.1, -0.05) is 48.2 Å². The van der Waals surface area contributed by atoms with E-state index < -0.39 is 0 Å². The number of hydrogen-bond acceptors (Lipinski definition) is 6. The van der Waals surface area contributed by atoms with E-state index >= 15 is 0 Å². The summed E-state index contributed by atoms with van der Waals surface area (Å²) in [5, 5.41) is 12.6. The standard InChI is InChI=1S/C25H32N4OS2/c1-2-6-20(7-3-1)12-17-32-25-27-26-24(29(25)18-22-8-4-15-30-22)21-10-13-28(14-11-21)19-23-9-5-16-31-23/h1-3,5-7,9,16,21-22H,4,8,10-15,17-19H2. The number of aromatic nitrogens is 3. The van der Waals surface area contributed by atoms with Gasteiger partial charge in [-0.2, -0.15) is 0 Å². The number of ether oxygens (including phenoxy) is 1. The van der Waals surface area contributed by atoms with Gasteiger partial charge in [0.2, 0.25) is 0 Å². The molecule has 1 aromatic carbocycles. The van der Waals surface area contributed by atoms with Gasteiger partial charge in [-0.3, -0.25) is 4.90 Å². The fraction of sp³-hybridized carbons (Fsp3) is 0.520. The number of nitrogens with zero attached hydrogens (tertiary/aromatic N) is 4. The Labute approximate surface area is 199 Å². The quantitative estimate of drug-likeness (QED) is 0.402. The van der Waals surface area contributed by atoms with Crippen molar-refractivity contribution in [2.45, 2.75) is 62.4 Å². The van der Waals surface area contributed by atoms with Crippen LogP contribution in [0, 0.1) is 0 Å². The summed E-state index contributed by atoms with van der Waals surface area (Å²) in [5.41, 5.74) is 1.38. The molecule has 5 nitrogen and oxygen atoms in total. The molecule has 170 valence electrons. The Balaban J connectivity index is 1.24. The van der Waals surface area contributed by atoms with Gasteiger partial charge in [0.25, 0.3) is 0 Å². The highest BCUT2D eigenvalue weighted by Crippen LogP contribution is 2.31. The molecule has 3 aromatic rings. The first kappa shape index (κ1) is 22.1. The monoisotopic (exact) mass is 468 g/mol. The molecule has 7 heteroatoms. The maximum Gasteiger partial charge on any atom is 0.191 e. The number of aryl methyl sites for hydroxylation is 1. The Morgan fingerprint density at radius 3 is 2.66 bits per heavy atom. The third-order valence-corrected chi connectivity index (χ3v) is 8.36. The Morgan fingerprint density at radius 2 is 1.91 bits per heavy atom. The summed E-state index contributed by atoms with van der Waals surface area (Å²) in [7, 11) is 0. The Hall–Kier alpha value is -1.67. The maximum atomic E-state index is 5.98. The first-order valence-electron chi connectivity index (χ1n) is 11.8. The summed E-state index contributed by atoms with van der Waals surface area (Å²) in [6.45, 7) is 5.12. The Kier molecular flexibility index (Phi) is 7.59. The minimum Gasteiger partial charge on any atom is -0.376 e. The molecule has 0 amide bonds. The second-order valence-electron chi connectivity index (χ2n) is 8.80. The van der Waals surface area contributed by atoms with Gasteiger partial charge < -0.3 is 9.30 Å². The van der Waals surface area contributed by atoms with Crippen LogP contribution in [0.3, 0.4) is 0 Å². The maximum absolute atomic E-state index is 5.98. The molecule has 4 heterocycles. The highest BCUT2D eigenvalue weighted by molar-refractivity contribution is 7.99. The molecular weight excluding hydrogens is 436 g/mol. The van der Waals surface area contributed by atoms with Gasteiger partial charge in [-0.25, -0.2) is 0 Å². The van der Waals surface area contributed by atoms with Crippen molar-refractivity contribution in [3.05, 3.63) is 64.1 Å². The molecular formula is C25H32N4OS2.